The van der Waals surface area contributed by atoms with Gasteiger partial charge in [-0.1, -0.05) is 12.2 Å². The predicted octanol–water partition coefficient (Wildman–Crippen LogP) is 2.29. The Bertz CT molecular complexity index is 280. The Labute approximate surface area is 71.7 Å². The van der Waals surface area contributed by atoms with E-state index >= 15 is 0 Å². The van der Waals surface area contributed by atoms with Crippen LogP contribution in [0, 0.1) is 16.0 Å². The topological polar surface area (TPSA) is 43.1 Å². The van der Waals surface area contributed by atoms with Gasteiger partial charge in [0.15, 0.2) is 0 Å². The molecule has 0 aromatic rings. The minimum absolute atomic E-state index is 0.351. The van der Waals surface area contributed by atoms with E-state index in [2.05, 4.69) is 0 Å². The van der Waals surface area contributed by atoms with Crippen molar-refractivity contribution in [3.63, 3.8) is 0 Å². The van der Waals surface area contributed by atoms with Crippen molar-refractivity contribution in [2.45, 2.75) is 12.6 Å². The third-order valence-corrected chi connectivity index (χ3v) is 1.74. The molecule has 0 heterocycles. The average Bonchev–Trinajstić information content (AvgIpc) is 2.03. The van der Waals surface area contributed by atoms with Gasteiger partial charge < -0.3 is 0 Å². The van der Waals surface area contributed by atoms with Crippen LogP contribution in [0.2, 0.25) is 0 Å². The number of alkyl halides is 3. The quantitative estimate of drug-likeness (QED) is 0.473. The van der Waals surface area contributed by atoms with Crippen LogP contribution in [0.15, 0.2) is 23.9 Å². The lowest BCUT2D eigenvalue weighted by atomic mass is 9.97. The Morgan fingerprint density at radius 3 is 2.54 bits per heavy atom. The van der Waals surface area contributed by atoms with Crippen molar-refractivity contribution >= 4 is 0 Å². The minimum atomic E-state index is -4.54. The van der Waals surface area contributed by atoms with Gasteiger partial charge in [-0.15, -0.1) is 0 Å². The number of allylic oxidation sites excluding steroid dienone is 4. The summed E-state index contributed by atoms with van der Waals surface area (Å²) >= 11 is 0. The van der Waals surface area contributed by atoms with E-state index in [0.717, 1.165) is 6.08 Å². The highest BCUT2D eigenvalue weighted by Crippen LogP contribution is 2.36. The summed E-state index contributed by atoms with van der Waals surface area (Å²) in [4.78, 5) is 9.23. The van der Waals surface area contributed by atoms with Gasteiger partial charge in [-0.3, -0.25) is 10.1 Å². The monoisotopic (exact) mass is 193 g/mol. The highest BCUT2D eigenvalue weighted by Gasteiger charge is 2.47. The molecule has 0 saturated heterocycles. The molecule has 1 aliphatic rings. The molecule has 0 fully saturated rings. The average molecular weight is 193 g/mol. The van der Waals surface area contributed by atoms with E-state index in [1.54, 1.807) is 0 Å². The van der Waals surface area contributed by atoms with Crippen LogP contribution >= 0.6 is 0 Å². The highest BCUT2D eigenvalue weighted by molar-refractivity contribution is 5.17. The summed E-state index contributed by atoms with van der Waals surface area (Å²) in [5.74, 6) is -1.97. The molecule has 0 spiro atoms. The number of nitro groups is 1. The molecule has 0 aliphatic heterocycles. The van der Waals surface area contributed by atoms with Gasteiger partial charge in [0.1, 0.15) is 5.92 Å². The smallest absolute Gasteiger partial charge is 0.259 e. The molecule has 0 radical (unpaired) electrons. The lowest BCUT2D eigenvalue weighted by Crippen LogP contribution is -2.28. The molecule has 0 aromatic heterocycles. The van der Waals surface area contributed by atoms with Crippen LogP contribution < -0.4 is 0 Å². The third-order valence-electron chi connectivity index (χ3n) is 1.74. The second-order valence-corrected chi connectivity index (χ2v) is 2.61. The zero-order chi connectivity index (χ0) is 10.1. The van der Waals surface area contributed by atoms with Gasteiger partial charge in [-0.2, -0.15) is 13.2 Å². The summed E-state index contributed by atoms with van der Waals surface area (Å²) < 4.78 is 36.5. The molecule has 0 N–H and O–H groups in total. The second-order valence-electron chi connectivity index (χ2n) is 2.61. The first-order chi connectivity index (χ1) is 5.93. The molecular formula is C7H6F3NO2. The van der Waals surface area contributed by atoms with Gasteiger partial charge in [0.2, 0.25) is 0 Å². The van der Waals surface area contributed by atoms with E-state index in [1.165, 1.54) is 12.2 Å². The third kappa shape index (κ3) is 2.07. The zero-order valence-electron chi connectivity index (χ0n) is 6.41. The SMILES string of the molecule is O=[N+]([O-])C1=CC=CCC1C(F)(F)F. The van der Waals surface area contributed by atoms with Gasteiger partial charge in [0, 0.05) is 6.08 Å². The van der Waals surface area contributed by atoms with Crippen molar-refractivity contribution in [1.29, 1.82) is 0 Å². The standard InChI is InChI=1S/C7H6F3NO2/c8-7(9,10)5-3-1-2-4-6(5)11(12)13/h1-2,4-5H,3H2. The first-order valence-electron chi connectivity index (χ1n) is 3.50. The van der Waals surface area contributed by atoms with Gasteiger partial charge in [-0.05, 0) is 6.42 Å². The van der Waals surface area contributed by atoms with Crippen LogP contribution in [0.5, 0.6) is 0 Å². The van der Waals surface area contributed by atoms with Gasteiger partial charge in [0.05, 0.1) is 4.92 Å². The van der Waals surface area contributed by atoms with Crippen LogP contribution in [0.3, 0.4) is 0 Å². The molecule has 0 amide bonds. The van der Waals surface area contributed by atoms with Crippen LogP contribution in [0.1, 0.15) is 6.42 Å². The Morgan fingerprint density at radius 2 is 2.15 bits per heavy atom. The van der Waals surface area contributed by atoms with E-state index < -0.39 is 22.7 Å². The van der Waals surface area contributed by atoms with Crippen molar-refractivity contribution in [2.75, 3.05) is 0 Å². The summed E-state index contributed by atoms with van der Waals surface area (Å²) in [5.41, 5.74) is -0.782. The summed E-state index contributed by atoms with van der Waals surface area (Å²) in [5, 5.41) is 10.2. The number of hydrogen-bond donors (Lipinski definition) is 0. The molecule has 72 valence electrons. The molecule has 0 saturated carbocycles. The van der Waals surface area contributed by atoms with Crippen LogP contribution in [-0.2, 0) is 0 Å². The van der Waals surface area contributed by atoms with Crippen molar-refractivity contribution in [2.24, 2.45) is 5.92 Å². The summed E-state index contributed by atoms with van der Waals surface area (Å²) in [7, 11) is 0. The molecule has 1 rings (SSSR count). The molecule has 1 atom stereocenters. The lowest BCUT2D eigenvalue weighted by Gasteiger charge is -2.17. The number of rotatable bonds is 1. The van der Waals surface area contributed by atoms with Crippen molar-refractivity contribution in [3.8, 4) is 0 Å². The summed E-state index contributed by atoms with van der Waals surface area (Å²) in [6, 6.07) is 0. The van der Waals surface area contributed by atoms with Crippen molar-refractivity contribution in [1.82, 2.24) is 0 Å². The molecule has 0 aromatic carbocycles. The molecular weight excluding hydrogens is 187 g/mol. The fourth-order valence-corrected chi connectivity index (χ4v) is 1.11. The van der Waals surface area contributed by atoms with Gasteiger partial charge in [-0.25, -0.2) is 0 Å². The zero-order valence-corrected chi connectivity index (χ0v) is 6.41. The molecule has 0 bridgehead atoms. The second kappa shape index (κ2) is 3.20. The maximum absolute atomic E-state index is 12.2. The van der Waals surface area contributed by atoms with Gasteiger partial charge >= 0.3 is 6.18 Å². The molecule has 1 aliphatic carbocycles. The van der Waals surface area contributed by atoms with Crippen molar-refractivity contribution < 1.29 is 18.1 Å². The fraction of sp³-hybridized carbons (Fsp3) is 0.429. The lowest BCUT2D eigenvalue weighted by molar-refractivity contribution is -0.442. The molecule has 3 nitrogen and oxygen atoms in total. The Kier molecular flexibility index (Phi) is 2.40. The Morgan fingerprint density at radius 1 is 1.54 bits per heavy atom. The van der Waals surface area contributed by atoms with Gasteiger partial charge in [0.25, 0.3) is 5.70 Å². The summed E-state index contributed by atoms with van der Waals surface area (Å²) in [6.07, 6.45) is -1.47. The van der Waals surface area contributed by atoms with E-state index in [-0.39, 0.29) is 6.42 Å². The highest BCUT2D eigenvalue weighted by atomic mass is 19.4. The number of halogens is 3. The van der Waals surface area contributed by atoms with E-state index in [1.807, 2.05) is 0 Å². The van der Waals surface area contributed by atoms with Crippen molar-refractivity contribution in [3.05, 3.63) is 34.0 Å². The summed E-state index contributed by atoms with van der Waals surface area (Å²) in [6.45, 7) is 0. The first-order valence-corrected chi connectivity index (χ1v) is 3.50. The molecule has 13 heavy (non-hydrogen) atoms. The van der Waals surface area contributed by atoms with E-state index in [4.69, 9.17) is 0 Å². The largest absolute Gasteiger partial charge is 0.402 e. The molecule has 6 heteroatoms. The van der Waals surface area contributed by atoms with Crippen LogP contribution in [0.25, 0.3) is 0 Å². The Hall–Kier alpha value is -1.33. The van der Waals surface area contributed by atoms with Crippen LogP contribution in [-0.4, -0.2) is 11.1 Å². The maximum atomic E-state index is 12.2. The predicted molar refractivity (Wildman–Crippen MR) is 38.4 cm³/mol. The van der Waals surface area contributed by atoms with E-state index in [0.29, 0.717) is 0 Å². The number of nitrogens with zero attached hydrogens (tertiary/aromatic N) is 1. The van der Waals surface area contributed by atoms with E-state index in [9.17, 15) is 23.3 Å². The molecule has 1 unspecified atom stereocenters. The maximum Gasteiger partial charge on any atom is 0.402 e. The minimum Gasteiger partial charge on any atom is -0.259 e. The Balaban J connectivity index is 2.94. The first kappa shape index (κ1) is 9.76. The fourth-order valence-electron chi connectivity index (χ4n) is 1.11. The van der Waals surface area contributed by atoms with Crippen LogP contribution in [0.4, 0.5) is 13.2 Å². The normalized spacial score (nSPS) is 22.7. The number of hydrogen-bond acceptors (Lipinski definition) is 2.